The standard InChI is InChI=1S/C9H13N5/c1-7-9(10)6-14(11-7)5-8-3-4-13(2)12-8/h3-4,6H,5,10H2,1-2H3. The van der Waals surface area contributed by atoms with Crippen LogP contribution in [0.1, 0.15) is 11.4 Å². The third-order valence-electron chi connectivity index (χ3n) is 2.08. The van der Waals surface area contributed by atoms with Crippen molar-refractivity contribution >= 4 is 5.69 Å². The highest BCUT2D eigenvalue weighted by atomic mass is 15.3. The molecule has 0 atom stereocenters. The van der Waals surface area contributed by atoms with Crippen molar-refractivity contribution in [1.29, 1.82) is 0 Å². The van der Waals surface area contributed by atoms with Gasteiger partial charge in [0.05, 0.1) is 23.6 Å². The number of nitrogens with two attached hydrogens (primary N) is 1. The molecule has 2 aromatic rings. The number of aromatic nitrogens is 4. The first-order valence-electron chi connectivity index (χ1n) is 4.43. The van der Waals surface area contributed by atoms with Crippen molar-refractivity contribution in [3.63, 3.8) is 0 Å². The van der Waals surface area contributed by atoms with E-state index in [-0.39, 0.29) is 0 Å². The Morgan fingerprint density at radius 2 is 2.21 bits per heavy atom. The Kier molecular flexibility index (Phi) is 1.99. The molecule has 14 heavy (non-hydrogen) atoms. The van der Waals surface area contributed by atoms with Crippen molar-refractivity contribution in [2.45, 2.75) is 13.5 Å². The van der Waals surface area contributed by atoms with E-state index in [2.05, 4.69) is 10.2 Å². The maximum Gasteiger partial charge on any atom is 0.0850 e. The molecule has 0 saturated carbocycles. The van der Waals surface area contributed by atoms with Crippen LogP contribution < -0.4 is 5.73 Å². The average molecular weight is 191 g/mol. The maximum atomic E-state index is 5.69. The summed E-state index contributed by atoms with van der Waals surface area (Å²) in [6.07, 6.45) is 3.74. The van der Waals surface area contributed by atoms with E-state index < -0.39 is 0 Å². The summed E-state index contributed by atoms with van der Waals surface area (Å²) in [4.78, 5) is 0. The minimum atomic E-state index is 0.666. The molecule has 2 heterocycles. The number of nitrogen functional groups attached to an aromatic ring is 1. The quantitative estimate of drug-likeness (QED) is 0.754. The van der Waals surface area contributed by atoms with Gasteiger partial charge in [-0.25, -0.2) is 0 Å². The zero-order chi connectivity index (χ0) is 10.1. The summed E-state index contributed by atoms with van der Waals surface area (Å²) in [5.41, 5.74) is 8.26. The second-order valence-corrected chi connectivity index (χ2v) is 3.35. The molecule has 0 spiro atoms. The second-order valence-electron chi connectivity index (χ2n) is 3.35. The molecule has 0 saturated heterocycles. The molecule has 0 bridgehead atoms. The number of hydrogen-bond acceptors (Lipinski definition) is 3. The zero-order valence-corrected chi connectivity index (χ0v) is 8.31. The minimum absolute atomic E-state index is 0.666. The van der Waals surface area contributed by atoms with Crippen molar-refractivity contribution in [2.75, 3.05) is 5.73 Å². The van der Waals surface area contributed by atoms with E-state index in [9.17, 15) is 0 Å². The summed E-state index contributed by atoms with van der Waals surface area (Å²) in [5.74, 6) is 0. The first-order valence-corrected chi connectivity index (χ1v) is 4.43. The fourth-order valence-corrected chi connectivity index (χ4v) is 1.33. The Balaban J connectivity index is 2.18. The third kappa shape index (κ3) is 1.61. The molecule has 5 nitrogen and oxygen atoms in total. The number of nitrogens with zero attached hydrogens (tertiary/aromatic N) is 4. The number of anilines is 1. The van der Waals surface area contributed by atoms with Crippen molar-refractivity contribution < 1.29 is 0 Å². The topological polar surface area (TPSA) is 61.7 Å². The number of aryl methyl sites for hydroxylation is 2. The highest BCUT2D eigenvalue weighted by Crippen LogP contribution is 2.08. The molecule has 0 amide bonds. The van der Waals surface area contributed by atoms with Crippen molar-refractivity contribution in [3.8, 4) is 0 Å². The lowest BCUT2D eigenvalue weighted by atomic mass is 10.4. The van der Waals surface area contributed by atoms with E-state index in [0.717, 1.165) is 17.1 Å². The van der Waals surface area contributed by atoms with Gasteiger partial charge in [0.25, 0.3) is 0 Å². The van der Waals surface area contributed by atoms with Gasteiger partial charge in [-0.1, -0.05) is 0 Å². The largest absolute Gasteiger partial charge is 0.396 e. The molecule has 0 aliphatic rings. The molecule has 0 aliphatic heterocycles. The Bertz CT molecular complexity index is 420. The summed E-state index contributed by atoms with van der Waals surface area (Å²) >= 11 is 0. The van der Waals surface area contributed by atoms with Crippen LogP contribution in [-0.4, -0.2) is 19.6 Å². The van der Waals surface area contributed by atoms with Gasteiger partial charge >= 0.3 is 0 Å². The Morgan fingerprint density at radius 3 is 2.71 bits per heavy atom. The molecule has 2 N–H and O–H groups in total. The third-order valence-corrected chi connectivity index (χ3v) is 2.08. The Hall–Kier alpha value is -1.78. The van der Waals surface area contributed by atoms with Crippen molar-refractivity contribution in [2.24, 2.45) is 7.05 Å². The van der Waals surface area contributed by atoms with Crippen LogP contribution in [0.25, 0.3) is 0 Å². The van der Waals surface area contributed by atoms with Gasteiger partial charge in [-0.2, -0.15) is 10.2 Å². The fourth-order valence-electron chi connectivity index (χ4n) is 1.33. The van der Waals surface area contributed by atoms with Crippen LogP contribution in [0.4, 0.5) is 5.69 Å². The molecule has 74 valence electrons. The van der Waals surface area contributed by atoms with Crippen LogP contribution >= 0.6 is 0 Å². The lowest BCUT2D eigenvalue weighted by Gasteiger charge is -1.96. The van der Waals surface area contributed by atoms with Gasteiger partial charge < -0.3 is 5.73 Å². The molecule has 0 unspecified atom stereocenters. The highest BCUT2D eigenvalue weighted by molar-refractivity contribution is 5.39. The summed E-state index contributed by atoms with van der Waals surface area (Å²) in [6, 6.07) is 1.97. The van der Waals surface area contributed by atoms with Crippen LogP contribution in [0.2, 0.25) is 0 Å². The second kappa shape index (κ2) is 3.17. The van der Waals surface area contributed by atoms with E-state index in [1.807, 2.05) is 32.4 Å². The molecule has 0 aromatic carbocycles. The normalized spacial score (nSPS) is 10.7. The van der Waals surface area contributed by atoms with Gasteiger partial charge in [0, 0.05) is 19.4 Å². The fraction of sp³-hybridized carbons (Fsp3) is 0.333. The van der Waals surface area contributed by atoms with Crippen LogP contribution in [0.5, 0.6) is 0 Å². The monoisotopic (exact) mass is 191 g/mol. The first kappa shape index (κ1) is 8.80. The molecule has 5 heteroatoms. The van der Waals surface area contributed by atoms with Gasteiger partial charge in [0.15, 0.2) is 0 Å². The maximum absolute atomic E-state index is 5.69. The van der Waals surface area contributed by atoms with Crippen LogP contribution in [0.15, 0.2) is 18.5 Å². The van der Waals surface area contributed by atoms with E-state index >= 15 is 0 Å². The molecule has 0 fully saturated rings. The van der Waals surface area contributed by atoms with Crippen LogP contribution in [0.3, 0.4) is 0 Å². The Labute approximate surface area is 82.1 Å². The molecule has 0 aliphatic carbocycles. The molecular formula is C9H13N5. The summed E-state index contributed by atoms with van der Waals surface area (Å²) in [6.45, 7) is 2.56. The molecule has 0 radical (unpaired) electrons. The zero-order valence-electron chi connectivity index (χ0n) is 8.31. The van der Waals surface area contributed by atoms with E-state index in [1.165, 1.54) is 0 Å². The summed E-state index contributed by atoms with van der Waals surface area (Å²) < 4.78 is 3.57. The number of hydrogen-bond donors (Lipinski definition) is 1. The van der Waals surface area contributed by atoms with Crippen LogP contribution in [-0.2, 0) is 13.6 Å². The molecule has 2 rings (SSSR count). The minimum Gasteiger partial charge on any atom is -0.396 e. The van der Waals surface area contributed by atoms with E-state index in [4.69, 9.17) is 5.73 Å². The first-order chi connectivity index (χ1) is 6.65. The summed E-state index contributed by atoms with van der Waals surface area (Å²) in [5, 5.41) is 8.52. The van der Waals surface area contributed by atoms with Crippen molar-refractivity contribution in [1.82, 2.24) is 19.6 Å². The highest BCUT2D eigenvalue weighted by Gasteiger charge is 2.02. The van der Waals surface area contributed by atoms with Gasteiger partial charge in [0.1, 0.15) is 0 Å². The molecule has 2 aromatic heterocycles. The Morgan fingerprint density at radius 1 is 1.43 bits per heavy atom. The number of rotatable bonds is 2. The lowest BCUT2D eigenvalue weighted by Crippen LogP contribution is -2.01. The van der Waals surface area contributed by atoms with E-state index in [1.54, 1.807) is 9.36 Å². The smallest absolute Gasteiger partial charge is 0.0850 e. The van der Waals surface area contributed by atoms with Crippen molar-refractivity contribution in [3.05, 3.63) is 29.8 Å². The summed E-state index contributed by atoms with van der Waals surface area (Å²) in [7, 11) is 1.90. The predicted molar refractivity (Wildman–Crippen MR) is 53.7 cm³/mol. The SMILES string of the molecule is Cc1nn(Cc2ccn(C)n2)cc1N. The average Bonchev–Trinajstić information content (AvgIpc) is 2.62. The predicted octanol–water partition coefficient (Wildman–Crippen LogP) is 0.556. The lowest BCUT2D eigenvalue weighted by molar-refractivity contribution is 0.645. The van der Waals surface area contributed by atoms with E-state index in [0.29, 0.717) is 6.54 Å². The van der Waals surface area contributed by atoms with Gasteiger partial charge in [-0.3, -0.25) is 9.36 Å². The van der Waals surface area contributed by atoms with Crippen LogP contribution in [0, 0.1) is 6.92 Å². The van der Waals surface area contributed by atoms with Gasteiger partial charge in [0.2, 0.25) is 0 Å². The van der Waals surface area contributed by atoms with Gasteiger partial charge in [-0.15, -0.1) is 0 Å². The van der Waals surface area contributed by atoms with Gasteiger partial charge in [-0.05, 0) is 13.0 Å². The molecular weight excluding hydrogens is 178 g/mol.